The van der Waals surface area contributed by atoms with E-state index in [1.165, 1.54) is 0 Å². The van der Waals surface area contributed by atoms with E-state index in [0.717, 1.165) is 0 Å². The average Bonchev–Trinajstić information content (AvgIpc) is 1.97. The molecule has 0 heterocycles. The number of methoxy groups -OCH3 is 1. The van der Waals surface area contributed by atoms with E-state index in [9.17, 15) is 30.8 Å². The number of rotatable bonds is 2. The first kappa shape index (κ1) is 13.1. The van der Waals surface area contributed by atoms with Crippen LogP contribution in [0.15, 0.2) is 0 Å². The first-order valence-electron chi connectivity index (χ1n) is 2.79. The summed E-state index contributed by atoms with van der Waals surface area (Å²) in [5.74, 6) is -2.76. The highest BCUT2D eigenvalue weighted by Gasteiger charge is 2.72. The van der Waals surface area contributed by atoms with Gasteiger partial charge in [-0.3, -0.25) is 4.55 Å². The summed E-state index contributed by atoms with van der Waals surface area (Å²) in [5.41, 5.74) is 0. The van der Waals surface area contributed by atoms with Gasteiger partial charge in [-0.1, -0.05) is 0 Å². The first-order valence-corrected chi connectivity index (χ1v) is 4.23. The van der Waals surface area contributed by atoms with Gasteiger partial charge < -0.3 is 4.74 Å². The number of carbonyl (C=O) groups is 1. The Morgan fingerprint density at radius 3 is 1.71 bits per heavy atom. The lowest BCUT2D eigenvalue weighted by atomic mass is 10.4. The highest BCUT2D eigenvalue weighted by atomic mass is 32.2. The van der Waals surface area contributed by atoms with E-state index < -0.39 is 27.3 Å². The third kappa shape index (κ3) is 1.80. The molecule has 0 aromatic heterocycles. The molecule has 0 amide bonds. The molecule has 0 aliphatic rings. The third-order valence-electron chi connectivity index (χ3n) is 1.17. The maximum Gasteiger partial charge on any atom is 0.451 e. The zero-order valence-corrected chi connectivity index (χ0v) is 7.32. The number of esters is 1. The summed E-state index contributed by atoms with van der Waals surface area (Å²) in [6.07, 6.45) is -6.12. The molecule has 10 heteroatoms. The fourth-order valence-electron chi connectivity index (χ4n) is 0.499. The van der Waals surface area contributed by atoms with Crippen LogP contribution in [0.4, 0.5) is 17.6 Å². The molecule has 1 unspecified atom stereocenters. The lowest BCUT2D eigenvalue weighted by molar-refractivity contribution is -0.213. The molecule has 0 radical (unpaired) electrons. The van der Waals surface area contributed by atoms with Crippen molar-refractivity contribution in [3.05, 3.63) is 0 Å². The summed E-state index contributed by atoms with van der Waals surface area (Å²) < 4.78 is 79.6. The second-order valence-corrected chi connectivity index (χ2v) is 3.57. The molecule has 0 bridgehead atoms. The Bertz CT molecular complexity index is 332. The first-order chi connectivity index (χ1) is 5.98. The molecule has 0 aliphatic carbocycles. The normalized spacial score (nSPS) is 17.3. The van der Waals surface area contributed by atoms with Gasteiger partial charge >= 0.3 is 27.3 Å². The summed E-state index contributed by atoms with van der Waals surface area (Å²) in [4.78, 5) is 10.3. The number of hydrogen-bond donors (Lipinski definition) is 1. The highest BCUT2D eigenvalue weighted by Crippen LogP contribution is 2.38. The molecule has 84 valence electrons. The summed E-state index contributed by atoms with van der Waals surface area (Å²) in [6.45, 7) is 0. The highest BCUT2D eigenvalue weighted by molar-refractivity contribution is 7.88. The monoisotopic (exact) mass is 240 g/mol. The van der Waals surface area contributed by atoms with Crippen LogP contribution in [0.3, 0.4) is 0 Å². The van der Waals surface area contributed by atoms with Gasteiger partial charge in [0.2, 0.25) is 0 Å². The van der Waals surface area contributed by atoms with Gasteiger partial charge in [0.1, 0.15) is 0 Å². The Hall–Kier alpha value is -0.900. The van der Waals surface area contributed by atoms with Crippen LogP contribution in [-0.2, 0) is 19.6 Å². The molecule has 0 spiro atoms. The van der Waals surface area contributed by atoms with E-state index in [0.29, 0.717) is 7.11 Å². The van der Waals surface area contributed by atoms with Crippen LogP contribution in [0.5, 0.6) is 0 Å². The van der Waals surface area contributed by atoms with Gasteiger partial charge in [0.15, 0.2) is 0 Å². The van der Waals surface area contributed by atoms with Gasteiger partial charge in [-0.05, 0) is 0 Å². The van der Waals surface area contributed by atoms with Crippen molar-refractivity contribution in [2.45, 2.75) is 11.2 Å². The number of alkyl halides is 4. The number of carbonyl (C=O) groups excluding carboxylic acids is 1. The van der Waals surface area contributed by atoms with Crippen molar-refractivity contribution in [1.82, 2.24) is 0 Å². The van der Waals surface area contributed by atoms with Gasteiger partial charge in [0.25, 0.3) is 0 Å². The number of hydrogen-bond acceptors (Lipinski definition) is 4. The largest absolute Gasteiger partial charge is 0.466 e. The summed E-state index contributed by atoms with van der Waals surface area (Å²) in [6, 6.07) is 0. The number of halogens is 4. The fourth-order valence-corrected chi connectivity index (χ4v) is 1.09. The molecular formula is C4H4F4O5S. The lowest BCUT2D eigenvalue weighted by Gasteiger charge is -2.21. The van der Waals surface area contributed by atoms with E-state index in [1.54, 1.807) is 0 Å². The van der Waals surface area contributed by atoms with Crippen LogP contribution in [0.25, 0.3) is 0 Å². The average molecular weight is 240 g/mol. The van der Waals surface area contributed by atoms with E-state index in [4.69, 9.17) is 4.55 Å². The molecule has 0 aliphatic heterocycles. The van der Waals surface area contributed by atoms with Gasteiger partial charge in [-0.25, -0.2) is 9.18 Å². The zero-order chi connectivity index (χ0) is 11.8. The molecule has 0 fully saturated rings. The van der Waals surface area contributed by atoms with Crippen molar-refractivity contribution in [2.75, 3.05) is 7.11 Å². The predicted octanol–water partition coefficient (Wildman–Crippen LogP) is 0.275. The van der Waals surface area contributed by atoms with Crippen molar-refractivity contribution < 1.29 is 40.1 Å². The van der Waals surface area contributed by atoms with Crippen LogP contribution in [0.2, 0.25) is 0 Å². The zero-order valence-electron chi connectivity index (χ0n) is 6.50. The molecule has 0 aromatic carbocycles. The van der Waals surface area contributed by atoms with Crippen LogP contribution < -0.4 is 0 Å². The molecule has 1 atom stereocenters. The fraction of sp³-hybridized carbons (Fsp3) is 0.750. The Morgan fingerprint density at radius 1 is 1.29 bits per heavy atom. The predicted molar refractivity (Wildman–Crippen MR) is 33.5 cm³/mol. The minimum Gasteiger partial charge on any atom is -0.466 e. The van der Waals surface area contributed by atoms with Crippen LogP contribution in [0, 0.1) is 0 Å². The second-order valence-electron chi connectivity index (χ2n) is 2.06. The van der Waals surface area contributed by atoms with Gasteiger partial charge in [0, 0.05) is 0 Å². The van der Waals surface area contributed by atoms with Crippen molar-refractivity contribution in [1.29, 1.82) is 0 Å². The Labute approximate surface area is 75.4 Å². The second kappa shape index (κ2) is 3.35. The summed E-state index contributed by atoms with van der Waals surface area (Å²) in [7, 11) is -5.96. The SMILES string of the molecule is COC(=O)C(F)(C(F)(F)F)S(=O)(=O)O. The molecule has 0 saturated heterocycles. The molecule has 14 heavy (non-hydrogen) atoms. The van der Waals surface area contributed by atoms with Crippen molar-refractivity contribution >= 4 is 16.1 Å². The number of ether oxygens (including phenoxy) is 1. The standard InChI is InChI=1S/C4H4F4O5S/c1-13-2(9)3(5,4(6,7)8)14(10,11)12/h1H3,(H,10,11,12). The topological polar surface area (TPSA) is 80.7 Å². The van der Waals surface area contributed by atoms with E-state index in [1.807, 2.05) is 0 Å². The van der Waals surface area contributed by atoms with Crippen LogP contribution >= 0.6 is 0 Å². The van der Waals surface area contributed by atoms with Crippen molar-refractivity contribution in [3.63, 3.8) is 0 Å². The minimum atomic E-state index is -6.30. The van der Waals surface area contributed by atoms with Crippen molar-refractivity contribution in [3.8, 4) is 0 Å². The Morgan fingerprint density at radius 2 is 1.64 bits per heavy atom. The van der Waals surface area contributed by atoms with Gasteiger partial charge in [-0.15, -0.1) is 0 Å². The minimum absolute atomic E-state index is 0.341. The Kier molecular flexibility index (Phi) is 3.13. The summed E-state index contributed by atoms with van der Waals surface area (Å²) in [5, 5.41) is -5.45. The van der Waals surface area contributed by atoms with Crippen LogP contribution in [0.1, 0.15) is 0 Å². The molecular weight excluding hydrogens is 236 g/mol. The van der Waals surface area contributed by atoms with Crippen molar-refractivity contribution in [2.24, 2.45) is 0 Å². The molecule has 1 N–H and O–H groups in total. The van der Waals surface area contributed by atoms with E-state index >= 15 is 0 Å². The molecule has 0 aromatic rings. The lowest BCUT2D eigenvalue weighted by Crippen LogP contribution is -2.54. The third-order valence-corrected chi connectivity index (χ3v) is 2.28. The maximum absolute atomic E-state index is 12.8. The smallest absolute Gasteiger partial charge is 0.451 e. The quantitative estimate of drug-likeness (QED) is 0.426. The van der Waals surface area contributed by atoms with Gasteiger partial charge in [0.05, 0.1) is 7.11 Å². The van der Waals surface area contributed by atoms with Crippen LogP contribution in [-0.4, -0.2) is 37.2 Å². The van der Waals surface area contributed by atoms with Gasteiger partial charge in [-0.2, -0.15) is 21.6 Å². The molecule has 0 saturated carbocycles. The maximum atomic E-state index is 12.8. The van der Waals surface area contributed by atoms with E-state index in [2.05, 4.69) is 4.74 Å². The molecule has 0 rings (SSSR count). The Balaban J connectivity index is 5.66. The molecule has 5 nitrogen and oxygen atoms in total. The summed E-state index contributed by atoms with van der Waals surface area (Å²) >= 11 is 0. The van der Waals surface area contributed by atoms with E-state index in [-0.39, 0.29) is 0 Å².